The van der Waals surface area contributed by atoms with Crippen molar-refractivity contribution in [1.29, 1.82) is 0 Å². The predicted molar refractivity (Wildman–Crippen MR) is 69.2 cm³/mol. The van der Waals surface area contributed by atoms with E-state index >= 15 is 0 Å². The van der Waals surface area contributed by atoms with Crippen molar-refractivity contribution in [3.8, 4) is 17.2 Å². The van der Waals surface area contributed by atoms with Crippen molar-refractivity contribution < 1.29 is 24.2 Å². The Morgan fingerprint density at radius 3 is 1.74 bits per heavy atom. The third-order valence-electron chi connectivity index (χ3n) is 2.24. The van der Waals surface area contributed by atoms with E-state index in [1.807, 2.05) is 13.8 Å². The normalized spacial score (nSPS) is 10.0. The number of aromatic hydroxyl groups is 1. The Morgan fingerprint density at radius 2 is 1.37 bits per heavy atom. The summed E-state index contributed by atoms with van der Waals surface area (Å²) in [6, 6.07) is 4.00. The lowest BCUT2D eigenvalue weighted by Gasteiger charge is -2.08. The molecule has 0 aliphatic heterocycles. The maximum absolute atomic E-state index is 11.3. The van der Waals surface area contributed by atoms with E-state index in [9.17, 15) is 14.7 Å². The molecule has 1 N–H and O–H groups in total. The highest BCUT2D eigenvalue weighted by atomic mass is 16.5. The summed E-state index contributed by atoms with van der Waals surface area (Å²) >= 11 is 0. The number of ether oxygens (including phenoxy) is 2. The summed E-state index contributed by atoms with van der Waals surface area (Å²) < 4.78 is 10.1. The van der Waals surface area contributed by atoms with Crippen LogP contribution in [0.2, 0.25) is 0 Å². The first-order valence-corrected chi connectivity index (χ1v) is 6.30. The van der Waals surface area contributed by atoms with Gasteiger partial charge in [0.2, 0.25) is 0 Å². The van der Waals surface area contributed by atoms with Crippen molar-refractivity contribution in [2.24, 2.45) is 0 Å². The number of benzene rings is 1. The molecule has 0 bridgehead atoms. The zero-order chi connectivity index (χ0) is 14.3. The molecule has 0 aliphatic carbocycles. The van der Waals surface area contributed by atoms with Crippen LogP contribution in [0.25, 0.3) is 0 Å². The second-order valence-electron chi connectivity index (χ2n) is 4.11. The lowest BCUT2D eigenvalue weighted by molar-refractivity contribution is -0.134. The molecular formula is C14H18O5. The maximum Gasteiger partial charge on any atom is 0.311 e. The van der Waals surface area contributed by atoms with Crippen molar-refractivity contribution in [3.63, 3.8) is 0 Å². The summed E-state index contributed by atoms with van der Waals surface area (Å²) in [7, 11) is 0. The summed E-state index contributed by atoms with van der Waals surface area (Å²) in [5.74, 6) is -0.575. The quantitative estimate of drug-likeness (QED) is 0.633. The fourth-order valence-electron chi connectivity index (χ4n) is 1.45. The highest BCUT2D eigenvalue weighted by Gasteiger charge is 2.09. The fraction of sp³-hybridized carbons (Fsp3) is 0.429. The van der Waals surface area contributed by atoms with Crippen molar-refractivity contribution in [2.75, 3.05) is 0 Å². The Labute approximate surface area is 112 Å². The van der Waals surface area contributed by atoms with Gasteiger partial charge in [0.1, 0.15) is 17.2 Å². The fourth-order valence-corrected chi connectivity index (χ4v) is 1.45. The van der Waals surface area contributed by atoms with E-state index in [1.54, 1.807) is 0 Å². The van der Waals surface area contributed by atoms with E-state index in [-0.39, 0.29) is 29.2 Å². The second kappa shape index (κ2) is 7.41. The van der Waals surface area contributed by atoms with Gasteiger partial charge >= 0.3 is 11.9 Å². The zero-order valence-corrected chi connectivity index (χ0v) is 11.1. The van der Waals surface area contributed by atoms with Crippen LogP contribution in [0.4, 0.5) is 0 Å². The molecule has 5 nitrogen and oxygen atoms in total. The van der Waals surface area contributed by atoms with Gasteiger partial charge in [-0.25, -0.2) is 0 Å². The summed E-state index contributed by atoms with van der Waals surface area (Å²) in [5.41, 5.74) is 0. The van der Waals surface area contributed by atoms with Gasteiger partial charge in [0.05, 0.1) is 0 Å². The number of phenolic OH excluding ortho intramolecular Hbond substituents is 1. The first kappa shape index (κ1) is 15.0. The molecule has 104 valence electrons. The first-order chi connectivity index (χ1) is 9.05. The molecule has 0 saturated carbocycles. The van der Waals surface area contributed by atoms with E-state index < -0.39 is 0 Å². The van der Waals surface area contributed by atoms with Crippen LogP contribution in [0.3, 0.4) is 0 Å². The number of hydrogen-bond acceptors (Lipinski definition) is 5. The van der Waals surface area contributed by atoms with E-state index in [2.05, 4.69) is 0 Å². The topological polar surface area (TPSA) is 72.8 Å². The molecule has 0 atom stereocenters. The van der Waals surface area contributed by atoms with Gasteiger partial charge in [-0.2, -0.15) is 0 Å². The van der Waals surface area contributed by atoms with Crippen molar-refractivity contribution in [1.82, 2.24) is 0 Å². The number of carbonyl (C=O) groups excluding carboxylic acids is 2. The Balaban J connectivity index is 2.76. The standard InChI is InChI=1S/C14H18O5/c1-3-5-13(16)18-11-7-10(15)8-12(9-11)19-14(17)6-4-2/h7-9,15H,3-6H2,1-2H3. The van der Waals surface area contributed by atoms with Crippen molar-refractivity contribution in [3.05, 3.63) is 18.2 Å². The Bertz CT molecular complexity index is 415. The average Bonchev–Trinajstić information content (AvgIpc) is 2.28. The van der Waals surface area contributed by atoms with Gasteiger partial charge in [-0.15, -0.1) is 0 Å². The van der Waals surface area contributed by atoms with Crippen LogP contribution in [0.1, 0.15) is 39.5 Å². The van der Waals surface area contributed by atoms with Crippen LogP contribution in [0.15, 0.2) is 18.2 Å². The molecule has 1 aromatic carbocycles. The van der Waals surface area contributed by atoms with Crippen LogP contribution < -0.4 is 9.47 Å². The van der Waals surface area contributed by atoms with Gasteiger partial charge in [-0.05, 0) is 12.8 Å². The van der Waals surface area contributed by atoms with E-state index in [0.29, 0.717) is 25.7 Å². The largest absolute Gasteiger partial charge is 0.508 e. The van der Waals surface area contributed by atoms with Crippen LogP contribution in [0, 0.1) is 0 Å². The number of carbonyl (C=O) groups is 2. The van der Waals surface area contributed by atoms with Crippen molar-refractivity contribution >= 4 is 11.9 Å². The molecule has 0 fully saturated rings. The molecule has 0 unspecified atom stereocenters. The molecule has 5 heteroatoms. The van der Waals surface area contributed by atoms with E-state index in [0.717, 1.165) is 0 Å². The smallest absolute Gasteiger partial charge is 0.311 e. The monoisotopic (exact) mass is 266 g/mol. The van der Waals surface area contributed by atoms with Gasteiger partial charge in [0, 0.05) is 31.0 Å². The minimum Gasteiger partial charge on any atom is -0.508 e. The van der Waals surface area contributed by atoms with Crippen LogP contribution in [0.5, 0.6) is 17.2 Å². The molecule has 0 saturated heterocycles. The molecular weight excluding hydrogens is 248 g/mol. The number of rotatable bonds is 6. The Kier molecular flexibility index (Phi) is 5.85. The predicted octanol–water partition coefficient (Wildman–Crippen LogP) is 2.80. The minimum absolute atomic E-state index is 0.124. The van der Waals surface area contributed by atoms with Gasteiger partial charge in [-0.3, -0.25) is 9.59 Å². The third kappa shape index (κ3) is 5.42. The molecule has 0 aromatic heterocycles. The van der Waals surface area contributed by atoms with Crippen LogP contribution >= 0.6 is 0 Å². The third-order valence-corrected chi connectivity index (χ3v) is 2.24. The second-order valence-corrected chi connectivity index (χ2v) is 4.11. The molecule has 1 aromatic rings. The number of phenols is 1. The maximum atomic E-state index is 11.3. The van der Waals surface area contributed by atoms with Gasteiger partial charge in [0.25, 0.3) is 0 Å². The highest BCUT2D eigenvalue weighted by molar-refractivity contribution is 5.74. The highest BCUT2D eigenvalue weighted by Crippen LogP contribution is 2.27. The van der Waals surface area contributed by atoms with Crippen LogP contribution in [-0.4, -0.2) is 17.0 Å². The summed E-state index contributed by atoms with van der Waals surface area (Å²) in [6.45, 7) is 3.73. The molecule has 1 rings (SSSR count). The molecule has 0 heterocycles. The molecule has 0 radical (unpaired) electrons. The van der Waals surface area contributed by atoms with Crippen molar-refractivity contribution in [2.45, 2.75) is 39.5 Å². The van der Waals surface area contributed by atoms with Crippen LogP contribution in [-0.2, 0) is 9.59 Å². The Hall–Kier alpha value is -2.04. The summed E-state index contributed by atoms with van der Waals surface area (Å²) in [5, 5.41) is 9.50. The molecule has 0 amide bonds. The zero-order valence-electron chi connectivity index (χ0n) is 11.1. The van der Waals surface area contributed by atoms with E-state index in [4.69, 9.17) is 9.47 Å². The molecule has 0 spiro atoms. The minimum atomic E-state index is -0.390. The van der Waals surface area contributed by atoms with Gasteiger partial charge in [0.15, 0.2) is 0 Å². The lowest BCUT2D eigenvalue weighted by Crippen LogP contribution is -2.09. The Morgan fingerprint density at radius 1 is 0.947 bits per heavy atom. The molecule has 19 heavy (non-hydrogen) atoms. The van der Waals surface area contributed by atoms with E-state index in [1.165, 1.54) is 18.2 Å². The lowest BCUT2D eigenvalue weighted by atomic mass is 10.3. The number of hydrogen-bond donors (Lipinski definition) is 1. The summed E-state index contributed by atoms with van der Waals surface area (Å²) in [4.78, 5) is 22.7. The first-order valence-electron chi connectivity index (χ1n) is 6.30. The molecule has 0 aliphatic rings. The number of esters is 2. The summed E-state index contributed by atoms with van der Waals surface area (Å²) in [6.07, 6.45) is 1.94. The van der Waals surface area contributed by atoms with Gasteiger partial charge in [-0.1, -0.05) is 13.8 Å². The SMILES string of the molecule is CCCC(=O)Oc1cc(O)cc(OC(=O)CCC)c1. The average molecular weight is 266 g/mol. The van der Waals surface area contributed by atoms with Gasteiger partial charge < -0.3 is 14.6 Å².